The first-order chi connectivity index (χ1) is 16.2. The quantitative estimate of drug-likeness (QED) is 0.362. The first kappa shape index (κ1) is 24.5. The molecule has 2 aromatic carbocycles. The van der Waals surface area contributed by atoms with E-state index in [1.807, 2.05) is 0 Å². The minimum Gasteiger partial charge on any atom is -0.495 e. The number of benzene rings is 2. The molecule has 0 bridgehead atoms. The van der Waals surface area contributed by atoms with Gasteiger partial charge in [-0.15, -0.1) is 0 Å². The highest BCUT2D eigenvalue weighted by atomic mass is 32.2. The van der Waals surface area contributed by atoms with Crippen molar-refractivity contribution in [1.82, 2.24) is 4.57 Å². The maximum atomic E-state index is 13.3. The van der Waals surface area contributed by atoms with Crippen LogP contribution in [0.4, 0.5) is 17.1 Å². The number of nitro groups is 1. The molecule has 0 fully saturated rings. The fourth-order valence-electron chi connectivity index (χ4n) is 3.25. The standard InChI is InChI=1S/C22H22N4O7S/c1-3-25(16-7-5-4-6-8-16)34(31,32)18-10-11-20(33-2)19(13-18)23-21(27)15-24-14-17(26(29)30)9-12-22(24)28/h4-14H,3,15H2,1-2H3,(H,23,27). The summed E-state index contributed by atoms with van der Waals surface area (Å²) in [5.74, 6) is -0.507. The lowest BCUT2D eigenvalue weighted by molar-refractivity contribution is -0.385. The van der Waals surface area contributed by atoms with Crippen LogP contribution in [0, 0.1) is 10.1 Å². The maximum Gasteiger partial charge on any atom is 0.285 e. The molecule has 0 unspecified atom stereocenters. The Morgan fingerprint density at radius 2 is 1.85 bits per heavy atom. The number of nitrogens with one attached hydrogen (secondary N) is 1. The molecule has 3 rings (SSSR count). The van der Waals surface area contributed by atoms with E-state index >= 15 is 0 Å². The number of sulfonamides is 1. The number of hydrogen-bond donors (Lipinski definition) is 1. The Balaban J connectivity index is 1.91. The second-order valence-electron chi connectivity index (χ2n) is 7.03. The molecule has 0 saturated carbocycles. The number of para-hydroxylation sites is 1. The van der Waals surface area contributed by atoms with E-state index in [9.17, 15) is 28.1 Å². The minimum absolute atomic E-state index is 0.0659. The number of carbonyl (C=O) groups is 1. The van der Waals surface area contributed by atoms with Gasteiger partial charge in [0.1, 0.15) is 12.3 Å². The Hall–Kier alpha value is -4.19. The van der Waals surface area contributed by atoms with Gasteiger partial charge >= 0.3 is 0 Å². The molecule has 1 N–H and O–H groups in total. The van der Waals surface area contributed by atoms with Crippen LogP contribution < -0.4 is 19.9 Å². The van der Waals surface area contributed by atoms with E-state index in [2.05, 4.69) is 5.32 Å². The molecule has 1 heterocycles. The number of methoxy groups -OCH3 is 1. The van der Waals surface area contributed by atoms with Gasteiger partial charge in [-0.3, -0.25) is 28.6 Å². The van der Waals surface area contributed by atoms with Crippen molar-refractivity contribution in [2.24, 2.45) is 0 Å². The molecule has 3 aromatic rings. The molecule has 11 nitrogen and oxygen atoms in total. The number of carbonyl (C=O) groups excluding carboxylic acids is 1. The van der Waals surface area contributed by atoms with Gasteiger partial charge in [-0.1, -0.05) is 18.2 Å². The molecule has 0 atom stereocenters. The Morgan fingerprint density at radius 1 is 1.15 bits per heavy atom. The van der Waals surface area contributed by atoms with Crippen molar-refractivity contribution < 1.29 is 22.9 Å². The van der Waals surface area contributed by atoms with E-state index in [1.165, 1.54) is 29.6 Å². The van der Waals surface area contributed by atoms with Crippen LogP contribution in [0.1, 0.15) is 6.92 Å². The van der Waals surface area contributed by atoms with Gasteiger partial charge in [-0.05, 0) is 37.3 Å². The van der Waals surface area contributed by atoms with Gasteiger partial charge < -0.3 is 10.1 Å². The highest BCUT2D eigenvalue weighted by Crippen LogP contribution is 2.30. The van der Waals surface area contributed by atoms with E-state index in [4.69, 9.17) is 4.74 Å². The first-order valence-corrected chi connectivity index (χ1v) is 11.5. The Bertz CT molecular complexity index is 1370. The molecule has 0 spiro atoms. The molecule has 0 aliphatic heterocycles. The van der Waals surface area contributed by atoms with Gasteiger partial charge in [-0.25, -0.2) is 8.42 Å². The largest absolute Gasteiger partial charge is 0.495 e. The molecular weight excluding hydrogens is 464 g/mol. The van der Waals surface area contributed by atoms with Crippen molar-refractivity contribution in [2.75, 3.05) is 23.3 Å². The van der Waals surface area contributed by atoms with Crippen molar-refractivity contribution >= 4 is 33.0 Å². The van der Waals surface area contributed by atoms with Gasteiger partial charge in [0.05, 0.1) is 34.5 Å². The lowest BCUT2D eigenvalue weighted by atomic mass is 10.3. The number of nitrogens with zero attached hydrogens (tertiary/aromatic N) is 3. The summed E-state index contributed by atoms with van der Waals surface area (Å²) in [6, 6.07) is 14.6. The second kappa shape index (κ2) is 10.2. The zero-order valence-electron chi connectivity index (χ0n) is 18.4. The summed E-state index contributed by atoms with van der Waals surface area (Å²) >= 11 is 0. The second-order valence-corrected chi connectivity index (χ2v) is 8.89. The van der Waals surface area contributed by atoms with Crippen LogP contribution in [0.15, 0.2) is 76.6 Å². The van der Waals surface area contributed by atoms with E-state index in [0.29, 0.717) is 5.69 Å². The molecule has 1 amide bonds. The van der Waals surface area contributed by atoms with Crippen molar-refractivity contribution in [3.05, 3.63) is 87.3 Å². The SMILES string of the molecule is CCN(c1ccccc1)S(=O)(=O)c1ccc(OC)c(NC(=O)Cn2cc([N+](=O)[O-])ccc2=O)c1. The third-order valence-corrected chi connectivity index (χ3v) is 6.76. The summed E-state index contributed by atoms with van der Waals surface area (Å²) in [5.41, 5.74) is -0.406. The monoisotopic (exact) mass is 486 g/mol. The third kappa shape index (κ3) is 5.23. The van der Waals surface area contributed by atoms with Crippen LogP contribution in [0.2, 0.25) is 0 Å². The summed E-state index contributed by atoms with van der Waals surface area (Å²) < 4.78 is 33.9. The predicted molar refractivity (Wildman–Crippen MR) is 126 cm³/mol. The fourth-order valence-corrected chi connectivity index (χ4v) is 4.75. The van der Waals surface area contributed by atoms with Gasteiger partial charge in [0, 0.05) is 18.7 Å². The van der Waals surface area contributed by atoms with Crippen LogP contribution in [0.25, 0.3) is 0 Å². The average molecular weight is 487 g/mol. The van der Waals surface area contributed by atoms with Crippen LogP contribution >= 0.6 is 0 Å². The first-order valence-electron chi connectivity index (χ1n) is 10.1. The van der Waals surface area contributed by atoms with Crippen LogP contribution in [0.3, 0.4) is 0 Å². The normalized spacial score (nSPS) is 11.0. The molecule has 0 saturated heterocycles. The fraction of sp³-hybridized carbons (Fsp3) is 0.182. The number of ether oxygens (including phenoxy) is 1. The summed E-state index contributed by atoms with van der Waals surface area (Å²) in [6.07, 6.45) is 0.957. The van der Waals surface area contributed by atoms with Crippen molar-refractivity contribution in [3.8, 4) is 5.75 Å². The number of rotatable bonds is 9. The molecule has 0 aliphatic rings. The van der Waals surface area contributed by atoms with Gasteiger partial charge in [0.15, 0.2) is 0 Å². The van der Waals surface area contributed by atoms with Crippen LogP contribution in [-0.2, 0) is 21.4 Å². The lowest BCUT2D eigenvalue weighted by Crippen LogP contribution is -2.31. The molecule has 12 heteroatoms. The number of pyridine rings is 1. The smallest absolute Gasteiger partial charge is 0.285 e. The van der Waals surface area contributed by atoms with E-state index in [0.717, 1.165) is 22.9 Å². The topological polar surface area (TPSA) is 141 Å². The summed E-state index contributed by atoms with van der Waals surface area (Å²) in [5, 5.41) is 13.5. The van der Waals surface area contributed by atoms with Crippen LogP contribution in [0.5, 0.6) is 5.75 Å². The zero-order chi connectivity index (χ0) is 24.9. The molecule has 178 valence electrons. The Morgan fingerprint density at radius 3 is 2.47 bits per heavy atom. The van der Waals surface area contributed by atoms with Gasteiger partial charge in [0.2, 0.25) is 5.91 Å². The van der Waals surface area contributed by atoms with E-state index in [-0.39, 0.29) is 28.6 Å². The average Bonchev–Trinajstić information content (AvgIpc) is 2.81. The maximum absolute atomic E-state index is 13.3. The molecule has 0 aliphatic carbocycles. The number of amides is 1. The van der Waals surface area contributed by atoms with Crippen LogP contribution in [-0.4, -0.2) is 37.5 Å². The Labute approximate surface area is 195 Å². The summed E-state index contributed by atoms with van der Waals surface area (Å²) in [4.78, 5) is 34.8. The minimum atomic E-state index is -3.97. The van der Waals surface area contributed by atoms with E-state index < -0.39 is 33.0 Å². The molecule has 0 radical (unpaired) electrons. The molecular formula is C22H22N4O7S. The van der Waals surface area contributed by atoms with Gasteiger partial charge in [0.25, 0.3) is 21.3 Å². The van der Waals surface area contributed by atoms with E-state index in [1.54, 1.807) is 37.3 Å². The van der Waals surface area contributed by atoms with Gasteiger partial charge in [-0.2, -0.15) is 0 Å². The summed E-state index contributed by atoms with van der Waals surface area (Å²) in [7, 11) is -2.62. The zero-order valence-corrected chi connectivity index (χ0v) is 19.2. The highest BCUT2D eigenvalue weighted by Gasteiger charge is 2.25. The third-order valence-electron chi connectivity index (χ3n) is 4.86. The van der Waals surface area contributed by atoms with Crippen molar-refractivity contribution in [2.45, 2.75) is 18.4 Å². The Kier molecular flexibility index (Phi) is 7.31. The van der Waals surface area contributed by atoms with Crippen molar-refractivity contribution in [3.63, 3.8) is 0 Å². The number of aromatic nitrogens is 1. The molecule has 1 aromatic heterocycles. The lowest BCUT2D eigenvalue weighted by Gasteiger charge is -2.23. The number of hydrogen-bond acceptors (Lipinski definition) is 7. The highest BCUT2D eigenvalue weighted by molar-refractivity contribution is 7.92. The molecule has 34 heavy (non-hydrogen) atoms. The number of anilines is 2. The predicted octanol–water partition coefficient (Wildman–Crippen LogP) is 2.62. The van der Waals surface area contributed by atoms with Crippen molar-refractivity contribution in [1.29, 1.82) is 0 Å². The summed E-state index contributed by atoms with van der Waals surface area (Å²) in [6.45, 7) is 1.36.